The molecule has 6 nitrogen and oxygen atoms in total. The van der Waals surface area contributed by atoms with Gasteiger partial charge in [0.05, 0.1) is 30.2 Å². The average molecular weight is 206 g/mol. The standard InChI is InChI=1S/C9H10N4O2/c1-6(8(14)15)4-7-5-11-9-10-2-3-12-13(7)9/h2-3,5-6H,4H2,1H3,(H,14,15). The molecule has 0 saturated carbocycles. The van der Waals surface area contributed by atoms with Crippen molar-refractivity contribution in [3.63, 3.8) is 0 Å². The maximum absolute atomic E-state index is 10.7. The molecule has 0 spiro atoms. The van der Waals surface area contributed by atoms with E-state index in [0.717, 1.165) is 5.69 Å². The Morgan fingerprint density at radius 3 is 3.07 bits per heavy atom. The van der Waals surface area contributed by atoms with Crippen LogP contribution in [0.5, 0.6) is 0 Å². The maximum atomic E-state index is 10.7. The number of imidazole rings is 1. The van der Waals surface area contributed by atoms with Crippen LogP contribution in [0, 0.1) is 5.92 Å². The number of nitrogens with zero attached hydrogens (tertiary/aromatic N) is 4. The summed E-state index contributed by atoms with van der Waals surface area (Å²) in [6.45, 7) is 1.65. The van der Waals surface area contributed by atoms with Gasteiger partial charge in [-0.2, -0.15) is 5.10 Å². The number of rotatable bonds is 3. The molecule has 1 N–H and O–H groups in total. The summed E-state index contributed by atoms with van der Waals surface area (Å²) >= 11 is 0. The summed E-state index contributed by atoms with van der Waals surface area (Å²) in [5, 5.41) is 12.8. The van der Waals surface area contributed by atoms with Crippen molar-refractivity contribution in [1.29, 1.82) is 0 Å². The van der Waals surface area contributed by atoms with Crippen LogP contribution in [0.3, 0.4) is 0 Å². The van der Waals surface area contributed by atoms with Gasteiger partial charge in [0.25, 0.3) is 5.78 Å². The third kappa shape index (κ3) is 1.78. The fraction of sp³-hybridized carbons (Fsp3) is 0.333. The normalized spacial score (nSPS) is 12.9. The van der Waals surface area contributed by atoms with E-state index in [2.05, 4.69) is 15.1 Å². The monoisotopic (exact) mass is 206 g/mol. The number of aromatic nitrogens is 4. The quantitative estimate of drug-likeness (QED) is 0.785. The van der Waals surface area contributed by atoms with Crippen LogP contribution in [0.1, 0.15) is 12.6 Å². The van der Waals surface area contributed by atoms with Crippen molar-refractivity contribution >= 4 is 11.7 Å². The Balaban J connectivity index is 2.32. The Labute approximate surface area is 85.6 Å². The van der Waals surface area contributed by atoms with Gasteiger partial charge in [-0.15, -0.1) is 0 Å². The lowest BCUT2D eigenvalue weighted by atomic mass is 10.1. The van der Waals surface area contributed by atoms with E-state index in [4.69, 9.17) is 5.11 Å². The molecule has 2 rings (SSSR count). The SMILES string of the molecule is CC(Cc1cnc2nccnn12)C(=O)O. The first-order valence-electron chi connectivity index (χ1n) is 4.55. The van der Waals surface area contributed by atoms with Crippen LogP contribution in [-0.2, 0) is 11.2 Å². The number of carboxylic acid groups (broad SMARTS) is 1. The summed E-state index contributed by atoms with van der Waals surface area (Å²) in [5.74, 6) is -0.786. The van der Waals surface area contributed by atoms with Crippen LogP contribution in [0.2, 0.25) is 0 Å². The fourth-order valence-electron chi connectivity index (χ4n) is 1.32. The van der Waals surface area contributed by atoms with Gasteiger partial charge < -0.3 is 5.11 Å². The molecular weight excluding hydrogens is 196 g/mol. The third-order valence-corrected chi connectivity index (χ3v) is 2.17. The van der Waals surface area contributed by atoms with E-state index in [1.54, 1.807) is 30.0 Å². The number of hydrogen-bond acceptors (Lipinski definition) is 4. The van der Waals surface area contributed by atoms with Crippen molar-refractivity contribution in [3.05, 3.63) is 24.3 Å². The largest absolute Gasteiger partial charge is 0.481 e. The zero-order valence-electron chi connectivity index (χ0n) is 8.16. The molecule has 0 aromatic carbocycles. The minimum absolute atomic E-state index is 0.398. The molecule has 0 aliphatic carbocycles. The molecule has 1 atom stereocenters. The van der Waals surface area contributed by atoms with Crippen molar-refractivity contribution < 1.29 is 9.90 Å². The lowest BCUT2D eigenvalue weighted by molar-refractivity contribution is -0.141. The van der Waals surface area contributed by atoms with E-state index in [0.29, 0.717) is 12.2 Å². The van der Waals surface area contributed by atoms with Gasteiger partial charge in [0.2, 0.25) is 0 Å². The lowest BCUT2D eigenvalue weighted by Crippen LogP contribution is -2.13. The summed E-state index contributed by atoms with van der Waals surface area (Å²) in [6.07, 6.45) is 5.10. The Morgan fingerprint density at radius 2 is 2.33 bits per heavy atom. The average Bonchev–Trinajstić information content (AvgIpc) is 2.62. The highest BCUT2D eigenvalue weighted by molar-refractivity contribution is 5.69. The molecule has 0 aliphatic heterocycles. The van der Waals surface area contributed by atoms with Crippen molar-refractivity contribution in [2.24, 2.45) is 5.92 Å². The van der Waals surface area contributed by atoms with E-state index < -0.39 is 11.9 Å². The van der Waals surface area contributed by atoms with Crippen molar-refractivity contribution in [2.75, 3.05) is 0 Å². The zero-order valence-corrected chi connectivity index (χ0v) is 8.16. The molecule has 2 heterocycles. The summed E-state index contributed by atoms with van der Waals surface area (Å²) in [5.41, 5.74) is 0.757. The minimum Gasteiger partial charge on any atom is -0.481 e. The van der Waals surface area contributed by atoms with Gasteiger partial charge in [-0.1, -0.05) is 6.92 Å². The minimum atomic E-state index is -0.825. The summed E-state index contributed by atoms with van der Waals surface area (Å²) in [4.78, 5) is 18.7. The highest BCUT2D eigenvalue weighted by Gasteiger charge is 2.14. The molecule has 0 fully saturated rings. The number of carboxylic acids is 1. The van der Waals surface area contributed by atoms with Crippen LogP contribution < -0.4 is 0 Å². The Bertz CT molecular complexity index is 494. The lowest BCUT2D eigenvalue weighted by Gasteiger charge is -2.03. The van der Waals surface area contributed by atoms with Crippen LogP contribution in [0.15, 0.2) is 18.6 Å². The first-order valence-corrected chi connectivity index (χ1v) is 4.55. The molecule has 0 bridgehead atoms. The first-order chi connectivity index (χ1) is 7.18. The molecule has 15 heavy (non-hydrogen) atoms. The molecule has 0 amide bonds. The summed E-state index contributed by atoms with van der Waals surface area (Å²) in [6, 6.07) is 0. The topological polar surface area (TPSA) is 80.4 Å². The predicted octanol–water partition coefficient (Wildman–Crippen LogP) is 0.387. The smallest absolute Gasteiger partial charge is 0.306 e. The Hall–Kier alpha value is -1.98. The van der Waals surface area contributed by atoms with E-state index in [1.165, 1.54) is 0 Å². The first kappa shape index (κ1) is 9.57. The van der Waals surface area contributed by atoms with Crippen LogP contribution in [-0.4, -0.2) is 30.7 Å². The number of carbonyl (C=O) groups is 1. The molecular formula is C9H10N4O2. The number of hydrogen-bond donors (Lipinski definition) is 1. The van der Waals surface area contributed by atoms with E-state index in [9.17, 15) is 4.79 Å². The third-order valence-electron chi connectivity index (χ3n) is 2.17. The van der Waals surface area contributed by atoms with Crippen molar-refractivity contribution in [1.82, 2.24) is 19.6 Å². The van der Waals surface area contributed by atoms with Crippen LogP contribution in [0.25, 0.3) is 5.78 Å². The Morgan fingerprint density at radius 1 is 1.53 bits per heavy atom. The number of aliphatic carboxylic acids is 1. The number of fused-ring (bicyclic) bond motifs is 1. The van der Waals surface area contributed by atoms with Gasteiger partial charge >= 0.3 is 5.97 Å². The second-order valence-corrected chi connectivity index (χ2v) is 3.35. The second-order valence-electron chi connectivity index (χ2n) is 3.35. The summed E-state index contributed by atoms with van der Waals surface area (Å²) in [7, 11) is 0. The molecule has 1 unspecified atom stereocenters. The highest BCUT2D eigenvalue weighted by Crippen LogP contribution is 2.08. The van der Waals surface area contributed by atoms with E-state index in [-0.39, 0.29) is 0 Å². The van der Waals surface area contributed by atoms with E-state index in [1.807, 2.05) is 0 Å². The van der Waals surface area contributed by atoms with Crippen molar-refractivity contribution in [2.45, 2.75) is 13.3 Å². The summed E-state index contributed by atoms with van der Waals surface area (Å²) < 4.78 is 1.56. The molecule has 0 radical (unpaired) electrons. The predicted molar refractivity (Wildman–Crippen MR) is 51.3 cm³/mol. The van der Waals surface area contributed by atoms with Gasteiger partial charge in [0, 0.05) is 6.42 Å². The molecule has 6 heteroatoms. The Kier molecular flexibility index (Phi) is 2.32. The van der Waals surface area contributed by atoms with Gasteiger partial charge in [0.1, 0.15) is 0 Å². The second kappa shape index (κ2) is 3.64. The molecule has 2 aromatic heterocycles. The molecule has 0 aliphatic rings. The van der Waals surface area contributed by atoms with E-state index >= 15 is 0 Å². The van der Waals surface area contributed by atoms with Crippen LogP contribution in [0.4, 0.5) is 0 Å². The van der Waals surface area contributed by atoms with Gasteiger partial charge in [-0.05, 0) is 0 Å². The molecule has 78 valence electrons. The fourth-order valence-corrected chi connectivity index (χ4v) is 1.32. The van der Waals surface area contributed by atoms with Crippen molar-refractivity contribution in [3.8, 4) is 0 Å². The maximum Gasteiger partial charge on any atom is 0.306 e. The highest BCUT2D eigenvalue weighted by atomic mass is 16.4. The zero-order chi connectivity index (χ0) is 10.8. The van der Waals surface area contributed by atoms with Gasteiger partial charge in [0.15, 0.2) is 0 Å². The molecule has 0 saturated heterocycles. The van der Waals surface area contributed by atoms with Gasteiger partial charge in [-0.25, -0.2) is 14.5 Å². The molecule has 2 aromatic rings. The van der Waals surface area contributed by atoms with Gasteiger partial charge in [-0.3, -0.25) is 4.79 Å². The van der Waals surface area contributed by atoms with Crippen LogP contribution >= 0.6 is 0 Å².